The Bertz CT molecular complexity index is 4670. The predicted molar refractivity (Wildman–Crippen MR) is 403 cm³/mol. The van der Waals surface area contributed by atoms with Gasteiger partial charge in [0.15, 0.2) is 11.5 Å². The second-order valence-electron chi connectivity index (χ2n) is 30.4. The molecule has 0 aromatic heterocycles. The van der Waals surface area contributed by atoms with Crippen molar-refractivity contribution < 1.29 is 108 Å². The molecule has 0 unspecified atom stereocenters. The molecule has 10 aliphatic rings. The molecule has 113 heavy (non-hydrogen) atoms. The third-order valence-corrected chi connectivity index (χ3v) is 22.4. The zero-order chi connectivity index (χ0) is 80.7. The van der Waals surface area contributed by atoms with E-state index >= 15 is 28.8 Å². The van der Waals surface area contributed by atoms with Crippen molar-refractivity contribution in [1.29, 1.82) is 0 Å². The normalized spacial score (nSPS) is 28.1. The Morgan fingerprint density at radius 2 is 1.27 bits per heavy atom. The first-order valence-electron chi connectivity index (χ1n) is 37.5. The van der Waals surface area contributed by atoms with Gasteiger partial charge in [-0.25, -0.2) is 4.79 Å². The highest BCUT2D eigenvalue weighted by Gasteiger charge is 2.51. The molecule has 33 heteroatoms. The number of phenolic OH excluding ortho intramolecular Hbond substituents is 2. The topological polar surface area (TPSA) is 482 Å². The number of carbonyl (C=O) groups excluding carboxylic acids is 9. The first kappa shape index (κ1) is 80.4. The Balaban J connectivity index is 0.995. The van der Waals surface area contributed by atoms with E-state index in [1.54, 1.807) is 26.0 Å². The lowest BCUT2D eigenvalue weighted by molar-refractivity contribution is -0.277. The molecule has 6 aliphatic heterocycles. The van der Waals surface area contributed by atoms with Gasteiger partial charge in [0.2, 0.25) is 59.3 Å². The maximum atomic E-state index is 16.4. The van der Waals surface area contributed by atoms with Crippen LogP contribution < -0.4 is 72.1 Å². The van der Waals surface area contributed by atoms with Crippen molar-refractivity contribution in [3.05, 3.63) is 147 Å². The fourth-order valence-electron chi connectivity index (χ4n) is 16.7. The van der Waals surface area contributed by atoms with Gasteiger partial charge in [-0.2, -0.15) is 0 Å². The highest BCUT2D eigenvalue weighted by molar-refractivity contribution is 6.32. The van der Waals surface area contributed by atoms with Gasteiger partial charge in [0.1, 0.15) is 102 Å². The minimum Gasteiger partial charge on any atom is -0.508 e. The number of amides is 10. The Morgan fingerprint density at radius 1 is 0.637 bits per heavy atom. The number of carbonyl (C=O) groups is 9. The van der Waals surface area contributed by atoms with Gasteiger partial charge in [0.25, 0.3) is 0 Å². The lowest BCUT2D eigenvalue weighted by atomic mass is 9.54. The molecule has 15 bridgehead atoms. The highest BCUT2D eigenvalue weighted by atomic mass is 35.5. The number of benzene rings is 6. The number of aliphatic hydroxyl groups excluding tert-OH is 6. The van der Waals surface area contributed by atoms with Gasteiger partial charge in [-0.15, -0.1) is 0 Å². The number of anilines is 1. The lowest BCUT2D eigenvalue weighted by Gasteiger charge is -2.54. The second kappa shape index (κ2) is 33.6. The number of hydrogen-bond donors (Lipinski definition) is 18. The van der Waals surface area contributed by atoms with Gasteiger partial charge in [-0.3, -0.25) is 43.7 Å². The molecule has 32 nitrogen and oxygen atoms in total. The van der Waals surface area contributed by atoms with E-state index < -0.39 is 180 Å². The summed E-state index contributed by atoms with van der Waals surface area (Å²) in [7, 11) is 1.50. The van der Waals surface area contributed by atoms with Crippen LogP contribution in [0, 0.1) is 43.4 Å². The van der Waals surface area contributed by atoms with E-state index in [9.17, 15) is 55.2 Å². The van der Waals surface area contributed by atoms with Crippen LogP contribution in [0.2, 0.25) is 5.02 Å². The number of fused-ring (bicyclic) bond motifs is 15. The van der Waals surface area contributed by atoms with Crippen LogP contribution in [0.3, 0.4) is 0 Å². The zero-order valence-electron chi connectivity index (χ0n) is 62.4. The summed E-state index contributed by atoms with van der Waals surface area (Å²) < 4.78 is 31.2. The summed E-state index contributed by atoms with van der Waals surface area (Å²) in [4.78, 5) is 137. The number of imide groups is 1. The van der Waals surface area contributed by atoms with E-state index in [2.05, 4.69) is 53.2 Å². The van der Waals surface area contributed by atoms with Gasteiger partial charge in [0, 0.05) is 17.3 Å². The molecule has 600 valence electrons. The summed E-state index contributed by atoms with van der Waals surface area (Å²) in [6.45, 7) is 7.92. The highest BCUT2D eigenvalue weighted by Crippen LogP contribution is 2.55. The quantitative estimate of drug-likeness (QED) is 0.0683. The molecule has 0 radical (unpaired) electrons. The third-order valence-electron chi connectivity index (χ3n) is 22.1. The van der Waals surface area contributed by atoms with Gasteiger partial charge in [-0.05, 0) is 225 Å². The predicted octanol–water partition coefficient (Wildman–Crippen LogP) is 4.24. The Morgan fingerprint density at radius 3 is 1.92 bits per heavy atom. The third kappa shape index (κ3) is 17.2. The van der Waals surface area contributed by atoms with Crippen LogP contribution >= 0.6 is 11.6 Å². The molecular weight excluding hydrogens is 1490 g/mol. The van der Waals surface area contributed by atoms with E-state index in [0.717, 1.165) is 44.2 Å². The van der Waals surface area contributed by atoms with E-state index in [4.69, 9.17) is 35.3 Å². The molecule has 0 spiro atoms. The molecule has 4 saturated carbocycles. The van der Waals surface area contributed by atoms with Crippen molar-refractivity contribution in [2.24, 2.45) is 29.6 Å². The van der Waals surface area contributed by atoms with E-state index in [0.29, 0.717) is 24.2 Å². The van der Waals surface area contributed by atoms with Gasteiger partial charge >= 0.3 is 6.03 Å². The number of rotatable bonds is 15. The molecule has 10 amide bonds. The Hall–Kier alpha value is -10.7. The molecule has 18 N–H and O–H groups in total. The van der Waals surface area contributed by atoms with Crippen molar-refractivity contribution in [2.75, 3.05) is 25.6 Å². The van der Waals surface area contributed by atoms with Gasteiger partial charge in [0.05, 0.1) is 30.7 Å². The molecule has 16 rings (SSSR count). The number of urea groups is 1. The van der Waals surface area contributed by atoms with E-state index in [-0.39, 0.29) is 103 Å². The van der Waals surface area contributed by atoms with Gasteiger partial charge in [-0.1, -0.05) is 43.6 Å². The fourth-order valence-corrected chi connectivity index (χ4v) is 16.9. The molecule has 4 aliphatic carbocycles. The summed E-state index contributed by atoms with van der Waals surface area (Å²) in [6.07, 6.45) is -10.2. The van der Waals surface area contributed by atoms with Crippen LogP contribution in [0.15, 0.2) is 103 Å². The number of ether oxygens (including phenoxy) is 5. The second-order valence-corrected chi connectivity index (χ2v) is 30.8. The summed E-state index contributed by atoms with van der Waals surface area (Å²) in [5, 5.41) is 119. The number of aryl methyl sites for hydroxylation is 2. The number of aliphatic hydroxyl groups is 6. The average molecular weight is 1580 g/mol. The maximum Gasteiger partial charge on any atom is 0.325 e. The maximum absolute atomic E-state index is 16.4. The summed E-state index contributed by atoms with van der Waals surface area (Å²) in [6, 6.07) is 7.19. The minimum absolute atomic E-state index is 0.0372. The smallest absolute Gasteiger partial charge is 0.325 e. The van der Waals surface area contributed by atoms with Crippen LogP contribution in [-0.2, 0) is 43.1 Å². The Labute approximate surface area is 653 Å². The molecule has 14 atom stereocenters. The monoisotopic (exact) mass is 1580 g/mol. The van der Waals surface area contributed by atoms with Crippen LogP contribution in [0.1, 0.15) is 135 Å². The lowest BCUT2D eigenvalue weighted by Crippen LogP contribution is -2.60. The number of aromatic hydroxyl groups is 2. The molecule has 6 heterocycles. The van der Waals surface area contributed by atoms with Crippen LogP contribution in [0.4, 0.5) is 10.5 Å². The van der Waals surface area contributed by atoms with Crippen molar-refractivity contribution >= 4 is 70.6 Å². The minimum atomic E-state index is -2.32. The number of phenols is 2. The van der Waals surface area contributed by atoms with Crippen molar-refractivity contribution in [3.8, 4) is 57.1 Å². The SMILES string of the molecule is CCOc1ccc(NC(=O)NC(=O)C[C@@H]2NC(=O)[C@H](NC(=O)[C@@H](CC(C)C)NC)[C@H](O)c3ccc(c(C)c3)Oc3cc4cc(c3O[C@@H]3O[C@H](CO)[C@@H](O)[C@H](O)[C@H]3O)Oc3ccc(cc3Cl)[C@@H](O)[C@@H]3NC(=O)[C@@H](NC(=O)[C@@H]4NC2=O)c2ccc(O)c(c2)-c2c(C)cc(O)cc2[C@@H](C(=O)NC2C4CC5CC(C4)CC2C5)NC3=O)cc1. The van der Waals surface area contributed by atoms with Crippen molar-refractivity contribution in [1.82, 2.24) is 47.9 Å². The Kier molecular flexibility index (Phi) is 23.9. The molecule has 6 aromatic carbocycles. The average Bonchev–Trinajstić information content (AvgIpc) is 0.759. The fraction of sp³-hybridized carbons (Fsp3) is 0.438. The zero-order valence-corrected chi connectivity index (χ0v) is 63.2. The molecule has 6 aromatic rings. The van der Waals surface area contributed by atoms with Crippen molar-refractivity contribution in [3.63, 3.8) is 0 Å². The standard InChI is InChI=1S/C80H91ClN10O22/c1-7-109-46-13-11-44(12-14-46)83-80(108)85-58(95)31-51-73(102)87-62-43-28-55(110-53-16-9-39(19-34(53)4)66(96)64(77(106)84-51)90-72(101)50(82-6)18-33(2)3)71(113-79-70(100)69(99)68(98)57(32-92)112-79)56(29-43)111-54-17-10-40(27-49(54)81)67(97)65-78(107)89-63(76(105)86-60-41-22-36-21-37(24-41)25-42(60)23-36)48-30-45(93)20-35(5)59(48)47-26-38(8-15-52(47)94)61(74(103)91-65)88-75(62)104/h8-17,19-20,26-30,33,36-37,41-42,50-51,57,60-70,79,82,92-94,96-100H,7,18,21-25,31-32H2,1-6H3,(H,84,106)(H,86,105)(H,87,102)(H,88,104)(H,89,107)(H,90,101)(H,91,103)(H2,83,85,95,108)/t36?,37?,41?,42?,50-,51+,57-,60?,61+,62-,63+,64-,65+,66-,67-,68-,69+,70-,79+/m1/s1. The summed E-state index contributed by atoms with van der Waals surface area (Å²) in [5.41, 5.74) is -0.254. The molecule has 1 saturated heterocycles. The molecule has 5 fully saturated rings. The first-order valence-corrected chi connectivity index (χ1v) is 37.9. The first-order chi connectivity index (χ1) is 53.9. The van der Waals surface area contributed by atoms with Crippen molar-refractivity contribution in [2.45, 2.75) is 171 Å². The number of nitrogens with one attached hydrogen (secondary N) is 10. The number of hydrogen-bond acceptors (Lipinski definition) is 23. The number of likely N-dealkylation sites (N-methyl/N-ethyl adjacent to an activating group) is 1. The van der Waals surface area contributed by atoms with Crippen LogP contribution in [-0.4, -0.2) is 175 Å². The largest absolute Gasteiger partial charge is 0.508 e. The summed E-state index contributed by atoms with van der Waals surface area (Å²) in [5.74, 6) is -10.6. The molecular formula is C80H91ClN10O22. The van der Waals surface area contributed by atoms with Crippen LogP contribution in [0.5, 0.6) is 46.0 Å². The van der Waals surface area contributed by atoms with E-state index in [1.165, 1.54) is 92.8 Å². The van der Waals surface area contributed by atoms with Crippen LogP contribution in [0.25, 0.3) is 11.1 Å². The van der Waals surface area contributed by atoms with Gasteiger partial charge < -0.3 is 112 Å². The van der Waals surface area contributed by atoms with E-state index in [1.807, 2.05) is 13.8 Å². The number of halogens is 1. The summed E-state index contributed by atoms with van der Waals surface area (Å²) >= 11 is 7.19.